The van der Waals surface area contributed by atoms with Crippen molar-refractivity contribution in [3.05, 3.63) is 0 Å². The lowest BCUT2D eigenvalue weighted by atomic mass is 10.1. The Bertz CT molecular complexity index is 225. The van der Waals surface area contributed by atoms with Crippen molar-refractivity contribution in [1.29, 1.82) is 0 Å². The van der Waals surface area contributed by atoms with Gasteiger partial charge in [-0.3, -0.25) is 15.3 Å². The second kappa shape index (κ2) is 3.93. The summed E-state index contributed by atoms with van der Waals surface area (Å²) in [4.78, 5) is 21.7. The minimum atomic E-state index is -1.28. The average molecular weight is 210 g/mol. The molecule has 0 heterocycles. The molecule has 6 heteroatoms. The first-order chi connectivity index (χ1) is 5.49. The first-order valence-electron chi connectivity index (χ1n) is 3.69. The number of hydrogen-bond acceptors (Lipinski definition) is 4. The van der Waals surface area contributed by atoms with E-state index in [4.69, 9.17) is 10.8 Å². The van der Waals surface area contributed by atoms with Crippen molar-refractivity contribution in [2.75, 3.05) is 0 Å². The molecular weight excluding hydrogens is 198 g/mol. The highest BCUT2D eigenvalue weighted by Crippen LogP contribution is 2.47. The zero-order chi connectivity index (χ0) is 9.35. The largest absolute Gasteiger partial charge is 0.480 e. The Morgan fingerprint density at radius 3 is 2.23 bits per heavy atom. The Kier molecular flexibility index (Phi) is 3.69. The average Bonchev–Trinajstić information content (AvgIpc) is 2.63. The normalized spacial score (nSPS) is 19.5. The van der Waals surface area contributed by atoms with E-state index in [0.29, 0.717) is 12.8 Å². The van der Waals surface area contributed by atoms with Gasteiger partial charge in [0.1, 0.15) is 6.23 Å². The number of carbonyl (C=O) groups is 2. The molecule has 76 valence electrons. The first-order valence-corrected chi connectivity index (χ1v) is 3.69. The molecule has 1 rings (SSSR count). The van der Waals surface area contributed by atoms with E-state index >= 15 is 0 Å². The van der Waals surface area contributed by atoms with Crippen LogP contribution in [0, 0.1) is 5.41 Å². The van der Waals surface area contributed by atoms with E-state index in [9.17, 15) is 9.59 Å². The summed E-state index contributed by atoms with van der Waals surface area (Å²) in [5, 5.41) is 8.65. The van der Waals surface area contributed by atoms with Gasteiger partial charge in [0.25, 0.3) is 0 Å². The van der Waals surface area contributed by atoms with Crippen molar-refractivity contribution in [2.24, 2.45) is 11.1 Å². The lowest BCUT2D eigenvalue weighted by Crippen LogP contribution is -2.33. The molecule has 0 spiro atoms. The topological polar surface area (TPSA) is 89.6 Å². The molecule has 0 aromatic rings. The maximum atomic E-state index is 11.1. The van der Waals surface area contributed by atoms with Gasteiger partial charge in [0, 0.05) is 0 Å². The van der Waals surface area contributed by atoms with Gasteiger partial charge in [-0.25, -0.2) is 0 Å². The number of ether oxygens (including phenoxy) is 1. The molecule has 0 amide bonds. The van der Waals surface area contributed by atoms with E-state index in [1.807, 2.05) is 0 Å². The molecule has 0 aromatic carbocycles. The summed E-state index contributed by atoms with van der Waals surface area (Å²) in [5.41, 5.74) is 3.90. The van der Waals surface area contributed by atoms with Gasteiger partial charge >= 0.3 is 11.9 Å². The zero-order valence-corrected chi connectivity index (χ0v) is 7.97. The number of hydrogen-bond donors (Lipinski definition) is 2. The zero-order valence-electron chi connectivity index (χ0n) is 7.15. The molecule has 1 unspecified atom stereocenters. The van der Waals surface area contributed by atoms with Gasteiger partial charge in [0.15, 0.2) is 5.41 Å². The SMILES string of the molecule is CC(N)OC(=O)C1(C(=O)O)CC1.Cl. The van der Waals surface area contributed by atoms with Crippen LogP contribution in [0.4, 0.5) is 0 Å². The molecule has 0 aliphatic heterocycles. The van der Waals surface area contributed by atoms with E-state index in [1.165, 1.54) is 6.92 Å². The smallest absolute Gasteiger partial charge is 0.325 e. The summed E-state index contributed by atoms with van der Waals surface area (Å²) in [5.74, 6) is -1.84. The van der Waals surface area contributed by atoms with E-state index < -0.39 is 23.6 Å². The molecule has 1 saturated carbocycles. The Morgan fingerprint density at radius 1 is 1.54 bits per heavy atom. The van der Waals surface area contributed by atoms with Crippen molar-refractivity contribution >= 4 is 24.3 Å². The van der Waals surface area contributed by atoms with Crippen LogP contribution in [0.1, 0.15) is 19.8 Å². The third-order valence-corrected chi connectivity index (χ3v) is 1.84. The Morgan fingerprint density at radius 2 is 2.00 bits per heavy atom. The second-order valence-corrected chi connectivity index (χ2v) is 3.00. The van der Waals surface area contributed by atoms with Gasteiger partial charge in [-0.1, -0.05) is 0 Å². The maximum absolute atomic E-state index is 11.1. The van der Waals surface area contributed by atoms with Gasteiger partial charge in [0.2, 0.25) is 0 Å². The van der Waals surface area contributed by atoms with Crippen LogP contribution in [-0.4, -0.2) is 23.3 Å². The van der Waals surface area contributed by atoms with E-state index in [1.54, 1.807) is 0 Å². The number of halogens is 1. The number of carboxylic acids is 1. The van der Waals surface area contributed by atoms with Gasteiger partial charge in [0.05, 0.1) is 0 Å². The molecule has 0 bridgehead atoms. The highest BCUT2D eigenvalue weighted by Gasteiger charge is 2.58. The van der Waals surface area contributed by atoms with Crippen LogP contribution in [0.15, 0.2) is 0 Å². The summed E-state index contributed by atoms with van der Waals surface area (Å²) in [6.07, 6.45) is -0.0313. The van der Waals surface area contributed by atoms with Gasteiger partial charge in [-0.05, 0) is 19.8 Å². The van der Waals surface area contributed by atoms with Crippen LogP contribution in [0.3, 0.4) is 0 Å². The van der Waals surface area contributed by atoms with Crippen molar-refractivity contribution < 1.29 is 19.4 Å². The van der Waals surface area contributed by atoms with Gasteiger partial charge in [-0.15, -0.1) is 12.4 Å². The van der Waals surface area contributed by atoms with Crippen molar-refractivity contribution in [3.63, 3.8) is 0 Å². The molecule has 5 nitrogen and oxygen atoms in total. The summed E-state index contributed by atoms with van der Waals surface area (Å²) in [6, 6.07) is 0. The molecule has 3 N–H and O–H groups in total. The highest BCUT2D eigenvalue weighted by molar-refractivity contribution is 6.02. The molecule has 1 fully saturated rings. The number of nitrogens with two attached hydrogens (primary N) is 1. The fourth-order valence-corrected chi connectivity index (χ4v) is 0.912. The molecule has 1 atom stereocenters. The van der Waals surface area contributed by atoms with Crippen molar-refractivity contribution in [2.45, 2.75) is 26.0 Å². The molecule has 13 heavy (non-hydrogen) atoms. The summed E-state index contributed by atoms with van der Waals surface area (Å²) < 4.78 is 4.60. The van der Waals surface area contributed by atoms with Crippen LogP contribution in [0.5, 0.6) is 0 Å². The standard InChI is InChI=1S/C7H11NO4.ClH/c1-4(8)12-6(11)7(2-3-7)5(9)10;/h4H,2-3,8H2,1H3,(H,9,10);1H. The molecule has 0 saturated heterocycles. The molecule has 1 aliphatic rings. The summed E-state index contributed by atoms with van der Waals surface area (Å²) in [7, 11) is 0. The van der Waals surface area contributed by atoms with Crippen LogP contribution in [0.2, 0.25) is 0 Å². The first kappa shape index (κ1) is 12.2. The van der Waals surface area contributed by atoms with Crippen LogP contribution in [-0.2, 0) is 14.3 Å². The summed E-state index contributed by atoms with van der Waals surface area (Å²) >= 11 is 0. The van der Waals surface area contributed by atoms with Crippen molar-refractivity contribution in [1.82, 2.24) is 0 Å². The van der Waals surface area contributed by atoms with E-state index in [2.05, 4.69) is 4.74 Å². The third-order valence-electron chi connectivity index (χ3n) is 1.84. The Balaban J connectivity index is 0.00000144. The number of carbonyl (C=O) groups excluding carboxylic acids is 1. The molecule has 0 aromatic heterocycles. The Labute approximate surface area is 81.6 Å². The van der Waals surface area contributed by atoms with Gasteiger partial charge in [-0.2, -0.15) is 0 Å². The lowest BCUT2D eigenvalue weighted by molar-refractivity contribution is -0.164. The minimum Gasteiger partial charge on any atom is -0.480 e. The van der Waals surface area contributed by atoms with Gasteiger partial charge < -0.3 is 9.84 Å². The number of carboxylic acid groups (broad SMARTS) is 1. The number of esters is 1. The number of aliphatic carboxylic acids is 1. The highest BCUT2D eigenvalue weighted by atomic mass is 35.5. The predicted molar refractivity (Wildman–Crippen MR) is 46.3 cm³/mol. The van der Waals surface area contributed by atoms with E-state index in [-0.39, 0.29) is 12.4 Å². The number of rotatable bonds is 3. The van der Waals surface area contributed by atoms with Crippen LogP contribution in [0.25, 0.3) is 0 Å². The summed E-state index contributed by atoms with van der Waals surface area (Å²) in [6.45, 7) is 1.48. The molecule has 0 radical (unpaired) electrons. The lowest BCUT2D eigenvalue weighted by Gasteiger charge is -2.11. The maximum Gasteiger partial charge on any atom is 0.325 e. The molecular formula is C7H12ClNO4. The van der Waals surface area contributed by atoms with Crippen LogP contribution < -0.4 is 5.73 Å². The minimum absolute atomic E-state index is 0. The monoisotopic (exact) mass is 209 g/mol. The second-order valence-electron chi connectivity index (χ2n) is 3.00. The predicted octanol–water partition coefficient (Wildman–Crippen LogP) is 0.121. The third kappa shape index (κ3) is 2.32. The van der Waals surface area contributed by atoms with Crippen LogP contribution >= 0.6 is 12.4 Å². The molecule has 1 aliphatic carbocycles. The fraction of sp³-hybridized carbons (Fsp3) is 0.714. The fourth-order valence-electron chi connectivity index (χ4n) is 0.912. The Hall–Kier alpha value is -0.810. The van der Waals surface area contributed by atoms with Crippen molar-refractivity contribution in [3.8, 4) is 0 Å². The quantitative estimate of drug-likeness (QED) is 0.392. The van der Waals surface area contributed by atoms with E-state index in [0.717, 1.165) is 0 Å².